The molecule has 5 heteroatoms. The minimum atomic E-state index is -0.353. The van der Waals surface area contributed by atoms with Crippen LogP contribution in [0.4, 0.5) is 10.1 Å². The fourth-order valence-electron chi connectivity index (χ4n) is 1.30. The van der Waals surface area contributed by atoms with Crippen molar-refractivity contribution in [2.45, 2.75) is 32.7 Å². The van der Waals surface area contributed by atoms with Crippen LogP contribution in [0.5, 0.6) is 0 Å². The quantitative estimate of drug-likeness (QED) is 0.875. The maximum Gasteiger partial charge on any atom is 0.239 e. The van der Waals surface area contributed by atoms with Gasteiger partial charge in [0.25, 0.3) is 0 Å². The molecule has 1 rings (SSSR count). The number of hydrogen-bond acceptors (Lipinski definition) is 2. The summed E-state index contributed by atoms with van der Waals surface area (Å²) in [5.41, 5.74) is 0.365. The fraction of sp³-hybridized carbons (Fsp3) is 0.462. The van der Waals surface area contributed by atoms with Gasteiger partial charge in [-0.25, -0.2) is 4.39 Å². The van der Waals surface area contributed by atoms with E-state index in [0.29, 0.717) is 10.2 Å². The largest absolute Gasteiger partial charge is 0.376 e. The molecule has 0 aliphatic rings. The molecule has 0 saturated carbocycles. The molecule has 0 aliphatic heterocycles. The molecule has 2 N–H and O–H groups in total. The number of benzene rings is 1. The maximum atomic E-state index is 13.2. The first-order valence-corrected chi connectivity index (χ1v) is 6.63. The van der Waals surface area contributed by atoms with Gasteiger partial charge in [0, 0.05) is 11.2 Å². The highest BCUT2D eigenvalue weighted by Gasteiger charge is 2.17. The summed E-state index contributed by atoms with van der Waals surface area (Å²) in [6.07, 6.45) is 0.853. The molecular formula is C13H18BrFN2O. The molecule has 1 amide bonds. The SMILES string of the molecule is CCC(C)(C)NC(=O)CNc1ccc(Br)c(F)c1. The third-order valence-electron chi connectivity index (χ3n) is 2.73. The zero-order chi connectivity index (χ0) is 13.8. The van der Waals surface area contributed by atoms with Crippen LogP contribution in [-0.4, -0.2) is 18.0 Å². The van der Waals surface area contributed by atoms with Crippen molar-refractivity contribution < 1.29 is 9.18 Å². The Labute approximate surface area is 115 Å². The molecule has 0 radical (unpaired) electrons. The molecule has 1 aromatic rings. The molecule has 1 aromatic carbocycles. The van der Waals surface area contributed by atoms with Crippen LogP contribution in [0.2, 0.25) is 0 Å². The second kappa shape index (κ2) is 6.18. The summed E-state index contributed by atoms with van der Waals surface area (Å²) in [4.78, 5) is 11.7. The Hall–Kier alpha value is -1.10. The van der Waals surface area contributed by atoms with Gasteiger partial charge in [0.2, 0.25) is 5.91 Å². The molecule has 0 aromatic heterocycles. The Morgan fingerprint density at radius 2 is 2.11 bits per heavy atom. The first kappa shape index (κ1) is 15.0. The smallest absolute Gasteiger partial charge is 0.239 e. The van der Waals surface area contributed by atoms with E-state index in [2.05, 4.69) is 26.6 Å². The van der Waals surface area contributed by atoms with Gasteiger partial charge in [-0.1, -0.05) is 6.92 Å². The van der Waals surface area contributed by atoms with E-state index in [-0.39, 0.29) is 23.8 Å². The average molecular weight is 317 g/mol. The topological polar surface area (TPSA) is 41.1 Å². The van der Waals surface area contributed by atoms with E-state index in [1.807, 2.05) is 20.8 Å². The van der Waals surface area contributed by atoms with Crippen molar-refractivity contribution in [1.29, 1.82) is 0 Å². The molecule has 0 atom stereocenters. The van der Waals surface area contributed by atoms with Gasteiger partial charge in [0.15, 0.2) is 0 Å². The highest BCUT2D eigenvalue weighted by Crippen LogP contribution is 2.19. The van der Waals surface area contributed by atoms with Crippen molar-refractivity contribution in [3.63, 3.8) is 0 Å². The van der Waals surface area contributed by atoms with E-state index in [0.717, 1.165) is 6.42 Å². The van der Waals surface area contributed by atoms with Crippen LogP contribution >= 0.6 is 15.9 Å². The summed E-state index contributed by atoms with van der Waals surface area (Å²) in [7, 11) is 0. The Bertz CT molecular complexity index is 435. The Morgan fingerprint density at radius 1 is 1.44 bits per heavy atom. The van der Waals surface area contributed by atoms with E-state index in [9.17, 15) is 9.18 Å². The van der Waals surface area contributed by atoms with Crippen molar-refractivity contribution in [2.24, 2.45) is 0 Å². The van der Waals surface area contributed by atoms with Crippen LogP contribution in [0, 0.1) is 5.82 Å². The summed E-state index contributed by atoms with van der Waals surface area (Å²) in [6, 6.07) is 4.67. The highest BCUT2D eigenvalue weighted by atomic mass is 79.9. The fourth-order valence-corrected chi connectivity index (χ4v) is 1.55. The number of hydrogen-bond donors (Lipinski definition) is 2. The van der Waals surface area contributed by atoms with Gasteiger partial charge >= 0.3 is 0 Å². The molecule has 0 fully saturated rings. The predicted molar refractivity (Wildman–Crippen MR) is 75.1 cm³/mol. The number of carbonyl (C=O) groups is 1. The van der Waals surface area contributed by atoms with Gasteiger partial charge in [-0.15, -0.1) is 0 Å². The van der Waals surface area contributed by atoms with Gasteiger partial charge in [-0.3, -0.25) is 4.79 Å². The highest BCUT2D eigenvalue weighted by molar-refractivity contribution is 9.10. The van der Waals surface area contributed by atoms with Crippen molar-refractivity contribution in [2.75, 3.05) is 11.9 Å². The molecule has 0 spiro atoms. The van der Waals surface area contributed by atoms with Crippen LogP contribution in [0.3, 0.4) is 0 Å². The lowest BCUT2D eigenvalue weighted by atomic mass is 10.0. The van der Waals surface area contributed by atoms with Crippen molar-refractivity contribution in [3.8, 4) is 0 Å². The standard InChI is InChI=1S/C13H18BrFN2O/c1-4-13(2,3)17-12(18)8-16-9-5-6-10(14)11(15)7-9/h5-7,16H,4,8H2,1-3H3,(H,17,18). The molecule has 100 valence electrons. The molecule has 0 aliphatic carbocycles. The number of nitrogens with one attached hydrogen (secondary N) is 2. The van der Waals surface area contributed by atoms with Crippen LogP contribution in [-0.2, 0) is 4.79 Å². The van der Waals surface area contributed by atoms with E-state index in [1.54, 1.807) is 12.1 Å². The summed E-state index contributed by atoms with van der Waals surface area (Å²) in [6.45, 7) is 6.07. The molecule has 0 bridgehead atoms. The van der Waals surface area contributed by atoms with Gasteiger partial charge in [0.1, 0.15) is 5.82 Å². The average Bonchev–Trinajstić information content (AvgIpc) is 2.30. The number of anilines is 1. The van der Waals surface area contributed by atoms with Gasteiger partial charge in [-0.05, 0) is 54.4 Å². The number of rotatable bonds is 5. The lowest BCUT2D eigenvalue weighted by Crippen LogP contribution is -2.45. The van der Waals surface area contributed by atoms with Crippen molar-refractivity contribution in [3.05, 3.63) is 28.5 Å². The van der Waals surface area contributed by atoms with Gasteiger partial charge in [-0.2, -0.15) is 0 Å². The molecule has 0 heterocycles. The molecule has 0 saturated heterocycles. The summed E-state index contributed by atoms with van der Waals surface area (Å²) >= 11 is 3.08. The Kier molecular flexibility index (Phi) is 5.14. The zero-order valence-electron chi connectivity index (χ0n) is 10.8. The number of carbonyl (C=O) groups excluding carboxylic acids is 1. The minimum Gasteiger partial charge on any atom is -0.376 e. The Balaban J connectivity index is 2.50. The van der Waals surface area contributed by atoms with E-state index in [1.165, 1.54) is 6.07 Å². The van der Waals surface area contributed by atoms with Crippen LogP contribution < -0.4 is 10.6 Å². The first-order chi connectivity index (χ1) is 8.34. The molecule has 18 heavy (non-hydrogen) atoms. The van der Waals surface area contributed by atoms with E-state index in [4.69, 9.17) is 0 Å². The minimum absolute atomic E-state index is 0.106. The van der Waals surface area contributed by atoms with Crippen LogP contribution in [0.15, 0.2) is 22.7 Å². The Morgan fingerprint density at radius 3 is 2.67 bits per heavy atom. The molecular weight excluding hydrogens is 299 g/mol. The summed E-state index contributed by atoms with van der Waals surface area (Å²) in [5, 5.41) is 5.78. The lowest BCUT2D eigenvalue weighted by Gasteiger charge is -2.24. The zero-order valence-corrected chi connectivity index (χ0v) is 12.4. The van der Waals surface area contributed by atoms with Gasteiger partial charge in [0.05, 0.1) is 11.0 Å². The molecule has 0 unspecified atom stereocenters. The summed E-state index contributed by atoms with van der Waals surface area (Å²) in [5.74, 6) is -0.459. The number of halogens is 2. The van der Waals surface area contributed by atoms with E-state index >= 15 is 0 Å². The van der Waals surface area contributed by atoms with E-state index < -0.39 is 0 Å². The first-order valence-electron chi connectivity index (χ1n) is 5.84. The van der Waals surface area contributed by atoms with Crippen LogP contribution in [0.1, 0.15) is 27.2 Å². The monoisotopic (exact) mass is 316 g/mol. The lowest BCUT2D eigenvalue weighted by molar-refractivity contribution is -0.121. The second-order valence-corrected chi connectivity index (χ2v) is 5.62. The number of amides is 1. The normalized spacial score (nSPS) is 11.2. The third kappa shape index (κ3) is 4.64. The second-order valence-electron chi connectivity index (χ2n) is 4.77. The van der Waals surface area contributed by atoms with Crippen molar-refractivity contribution in [1.82, 2.24) is 5.32 Å². The molecule has 3 nitrogen and oxygen atoms in total. The predicted octanol–water partition coefficient (Wildman–Crippen LogP) is 3.30. The third-order valence-corrected chi connectivity index (χ3v) is 3.38. The summed E-state index contributed by atoms with van der Waals surface area (Å²) < 4.78 is 13.6. The van der Waals surface area contributed by atoms with Crippen molar-refractivity contribution >= 4 is 27.5 Å². The van der Waals surface area contributed by atoms with Crippen LogP contribution in [0.25, 0.3) is 0 Å². The van der Waals surface area contributed by atoms with Gasteiger partial charge < -0.3 is 10.6 Å². The maximum absolute atomic E-state index is 13.2.